The Morgan fingerprint density at radius 1 is 1.33 bits per heavy atom. The molecule has 1 rings (SSSR count). The predicted molar refractivity (Wildman–Crippen MR) is 69.9 cm³/mol. The molecule has 2 N–H and O–H groups in total. The van der Waals surface area contributed by atoms with Crippen molar-refractivity contribution in [3.05, 3.63) is 12.2 Å². The van der Waals surface area contributed by atoms with Gasteiger partial charge in [-0.15, -0.1) is 0 Å². The Morgan fingerprint density at radius 3 is 2.20 bits per heavy atom. The number of allylic oxidation sites excluding steroid dienone is 1. The molecule has 1 aliphatic rings. The third-order valence-electron chi connectivity index (χ3n) is 3.87. The molecule has 0 amide bonds. The summed E-state index contributed by atoms with van der Waals surface area (Å²) in [5.74, 6) is 0.844. The first kappa shape index (κ1) is 14.7. The van der Waals surface area contributed by atoms with Crippen LogP contribution in [0, 0.1) is 11.3 Å². The molecular weight excluding hydrogens is 182 g/mol. The smallest absolute Gasteiger partial charge is 0.0195 e. The molecule has 0 bridgehead atoms. The maximum absolute atomic E-state index is 4.50. The van der Waals surface area contributed by atoms with Crippen molar-refractivity contribution in [1.82, 2.24) is 0 Å². The minimum Gasteiger partial charge on any atom is -0.333 e. The zero-order chi connectivity index (χ0) is 11.9. The summed E-state index contributed by atoms with van der Waals surface area (Å²) in [5, 5.41) is 0. The highest BCUT2D eigenvalue weighted by atomic mass is 14.5. The highest BCUT2D eigenvalue weighted by molar-refractivity contribution is 5.07. The second kappa shape index (κ2) is 7.05. The summed E-state index contributed by atoms with van der Waals surface area (Å²) >= 11 is 0. The molecule has 15 heavy (non-hydrogen) atoms. The van der Waals surface area contributed by atoms with E-state index in [-0.39, 0.29) is 0 Å². The Bertz CT molecular complexity index is 178. The van der Waals surface area contributed by atoms with Crippen LogP contribution >= 0.6 is 0 Å². The van der Waals surface area contributed by atoms with Crippen LogP contribution in [0.25, 0.3) is 0 Å². The zero-order valence-electron chi connectivity index (χ0n) is 11.1. The van der Waals surface area contributed by atoms with Gasteiger partial charge in [-0.05, 0) is 44.6 Å². The van der Waals surface area contributed by atoms with E-state index in [4.69, 9.17) is 0 Å². The lowest BCUT2D eigenvalue weighted by Crippen LogP contribution is -2.37. The first-order chi connectivity index (χ1) is 7.13. The Morgan fingerprint density at radius 2 is 1.87 bits per heavy atom. The van der Waals surface area contributed by atoms with Crippen molar-refractivity contribution in [3.8, 4) is 0 Å². The molecule has 90 valence electrons. The molecule has 0 radical (unpaired) electrons. The van der Waals surface area contributed by atoms with Crippen molar-refractivity contribution in [2.45, 2.75) is 59.3 Å². The number of unbranched alkanes of at least 4 members (excludes halogenated alkanes) is 1. The van der Waals surface area contributed by atoms with Crippen molar-refractivity contribution in [2.75, 3.05) is 7.05 Å². The van der Waals surface area contributed by atoms with Gasteiger partial charge in [0, 0.05) is 0 Å². The lowest BCUT2D eigenvalue weighted by atomic mass is 9.57. The van der Waals surface area contributed by atoms with E-state index in [2.05, 4.69) is 33.1 Å². The minimum atomic E-state index is 0.708. The molecule has 0 saturated heterocycles. The van der Waals surface area contributed by atoms with Crippen molar-refractivity contribution in [2.24, 2.45) is 17.1 Å². The first-order valence-electron chi connectivity index (χ1n) is 6.36. The van der Waals surface area contributed by atoms with Gasteiger partial charge in [-0.2, -0.15) is 0 Å². The number of rotatable bonds is 5. The summed E-state index contributed by atoms with van der Waals surface area (Å²) in [6, 6.07) is 0. The lowest BCUT2D eigenvalue weighted by Gasteiger charge is -2.48. The third-order valence-corrected chi connectivity index (χ3v) is 3.87. The van der Waals surface area contributed by atoms with Gasteiger partial charge in [-0.25, -0.2) is 0 Å². The van der Waals surface area contributed by atoms with E-state index in [0.717, 1.165) is 5.92 Å². The van der Waals surface area contributed by atoms with Crippen LogP contribution in [-0.2, 0) is 0 Å². The number of hydrogen-bond acceptors (Lipinski definition) is 1. The standard InChI is InChI=1S/C13H24.CH5N/c1-5-7-8-13(6-2)9-12(10-13)11(3)4;1-2/h12H,3,5-10H2,1-2,4H3;2H2,1H3. The summed E-state index contributed by atoms with van der Waals surface area (Å²) in [5.41, 5.74) is 6.61. The molecule has 0 aromatic rings. The number of hydrogen-bond donors (Lipinski definition) is 1. The van der Waals surface area contributed by atoms with E-state index in [1.54, 1.807) is 0 Å². The van der Waals surface area contributed by atoms with Gasteiger partial charge in [0.1, 0.15) is 0 Å². The third kappa shape index (κ3) is 3.98. The van der Waals surface area contributed by atoms with E-state index in [0.29, 0.717) is 5.41 Å². The van der Waals surface area contributed by atoms with E-state index < -0.39 is 0 Å². The first-order valence-corrected chi connectivity index (χ1v) is 6.36. The maximum atomic E-state index is 4.50. The van der Waals surface area contributed by atoms with Gasteiger partial charge < -0.3 is 5.73 Å². The van der Waals surface area contributed by atoms with E-state index in [9.17, 15) is 0 Å². The molecule has 0 unspecified atom stereocenters. The summed E-state index contributed by atoms with van der Waals surface area (Å²) in [6.07, 6.45) is 8.41. The fourth-order valence-electron chi connectivity index (χ4n) is 2.56. The summed E-state index contributed by atoms with van der Waals surface area (Å²) in [7, 11) is 1.50. The van der Waals surface area contributed by atoms with Gasteiger partial charge in [0.05, 0.1) is 0 Å². The van der Waals surface area contributed by atoms with Crippen LogP contribution in [0.3, 0.4) is 0 Å². The van der Waals surface area contributed by atoms with Gasteiger partial charge >= 0.3 is 0 Å². The maximum Gasteiger partial charge on any atom is -0.0195 e. The van der Waals surface area contributed by atoms with Crippen LogP contribution < -0.4 is 5.73 Å². The molecule has 0 aromatic carbocycles. The molecule has 0 heterocycles. The fourth-order valence-corrected chi connectivity index (χ4v) is 2.56. The van der Waals surface area contributed by atoms with E-state index in [1.807, 2.05) is 0 Å². The highest BCUT2D eigenvalue weighted by Gasteiger charge is 2.41. The SMILES string of the molecule is C=C(C)C1CC(CC)(CCCC)C1.CN. The second-order valence-electron chi connectivity index (χ2n) is 4.91. The highest BCUT2D eigenvalue weighted by Crippen LogP contribution is 2.53. The van der Waals surface area contributed by atoms with E-state index in [1.165, 1.54) is 51.1 Å². The van der Waals surface area contributed by atoms with Crippen molar-refractivity contribution >= 4 is 0 Å². The second-order valence-corrected chi connectivity index (χ2v) is 4.91. The molecule has 1 heteroatoms. The molecule has 1 aliphatic carbocycles. The fraction of sp³-hybridized carbons (Fsp3) is 0.857. The van der Waals surface area contributed by atoms with E-state index >= 15 is 0 Å². The quantitative estimate of drug-likeness (QED) is 0.680. The van der Waals surface area contributed by atoms with Crippen LogP contribution in [0.5, 0.6) is 0 Å². The molecular formula is C14H29N. The predicted octanol–water partition coefficient (Wildman–Crippen LogP) is 4.13. The molecule has 1 nitrogen and oxygen atoms in total. The summed E-state index contributed by atoms with van der Waals surface area (Å²) < 4.78 is 0. The molecule has 0 spiro atoms. The molecule has 1 fully saturated rings. The normalized spacial score (nSPS) is 28.7. The van der Waals surface area contributed by atoms with Gasteiger partial charge in [0.25, 0.3) is 0 Å². The summed E-state index contributed by atoms with van der Waals surface area (Å²) in [6.45, 7) is 10.9. The minimum absolute atomic E-state index is 0.708. The number of nitrogens with two attached hydrogens (primary N) is 1. The van der Waals surface area contributed by atoms with Gasteiger partial charge in [-0.3, -0.25) is 0 Å². The molecule has 0 aromatic heterocycles. The van der Waals surface area contributed by atoms with Gasteiger partial charge in [0.15, 0.2) is 0 Å². The Kier molecular flexibility index (Phi) is 6.91. The van der Waals surface area contributed by atoms with Crippen molar-refractivity contribution in [3.63, 3.8) is 0 Å². The topological polar surface area (TPSA) is 26.0 Å². The zero-order valence-corrected chi connectivity index (χ0v) is 11.1. The Hall–Kier alpha value is -0.300. The van der Waals surface area contributed by atoms with Crippen molar-refractivity contribution in [1.29, 1.82) is 0 Å². The Balaban J connectivity index is 0.000000921. The largest absolute Gasteiger partial charge is 0.333 e. The Labute approximate surface area is 96.1 Å². The van der Waals surface area contributed by atoms with Crippen LogP contribution in [0.2, 0.25) is 0 Å². The molecule has 0 aliphatic heterocycles. The van der Waals surface area contributed by atoms with Crippen LogP contribution in [0.15, 0.2) is 12.2 Å². The summed E-state index contributed by atoms with van der Waals surface area (Å²) in [4.78, 5) is 0. The molecule has 0 atom stereocenters. The van der Waals surface area contributed by atoms with Crippen LogP contribution in [-0.4, -0.2) is 7.05 Å². The molecule has 1 saturated carbocycles. The average Bonchev–Trinajstić information content (AvgIpc) is 2.19. The average molecular weight is 211 g/mol. The monoisotopic (exact) mass is 211 g/mol. The lowest BCUT2D eigenvalue weighted by molar-refractivity contribution is 0.0584. The van der Waals surface area contributed by atoms with Crippen LogP contribution in [0.4, 0.5) is 0 Å². The van der Waals surface area contributed by atoms with Gasteiger partial charge in [0.2, 0.25) is 0 Å². The van der Waals surface area contributed by atoms with Gasteiger partial charge in [-0.1, -0.05) is 45.3 Å². The van der Waals surface area contributed by atoms with Crippen LogP contribution in [0.1, 0.15) is 59.3 Å². The van der Waals surface area contributed by atoms with Crippen molar-refractivity contribution < 1.29 is 0 Å².